The highest BCUT2D eigenvalue weighted by atomic mass is 16.5. The van der Waals surface area contributed by atoms with Crippen molar-refractivity contribution in [2.24, 2.45) is 5.92 Å². The molecule has 0 amide bonds. The summed E-state index contributed by atoms with van der Waals surface area (Å²) in [6.45, 7) is 4.43. The minimum Gasteiger partial charge on any atom is -0.383 e. The van der Waals surface area contributed by atoms with E-state index in [1.54, 1.807) is 7.11 Å². The Morgan fingerprint density at radius 1 is 1.58 bits per heavy atom. The molecule has 1 atom stereocenters. The smallest absolute Gasteiger partial charge is 0.109 e. The van der Waals surface area contributed by atoms with Crippen molar-refractivity contribution < 1.29 is 9.84 Å². The molecule has 0 bridgehead atoms. The molecule has 0 radical (unpaired) electrons. The second-order valence-electron chi connectivity index (χ2n) is 3.92. The molecule has 1 fully saturated rings. The zero-order chi connectivity index (χ0) is 9.19. The van der Waals surface area contributed by atoms with Crippen molar-refractivity contribution in [2.75, 3.05) is 13.7 Å². The number of allylic oxidation sites excluding steroid dienone is 1. The molecule has 0 heterocycles. The Bertz CT molecular complexity index is 178. The summed E-state index contributed by atoms with van der Waals surface area (Å²) in [5, 5.41) is 10.1. The number of rotatable bonds is 4. The van der Waals surface area contributed by atoms with E-state index in [1.165, 1.54) is 0 Å². The fourth-order valence-corrected chi connectivity index (χ4v) is 1.59. The van der Waals surface area contributed by atoms with Crippen LogP contribution in [0, 0.1) is 5.92 Å². The van der Waals surface area contributed by atoms with E-state index >= 15 is 0 Å². The van der Waals surface area contributed by atoms with Crippen LogP contribution in [0.3, 0.4) is 0 Å². The monoisotopic (exact) mass is 170 g/mol. The van der Waals surface area contributed by atoms with Crippen molar-refractivity contribution >= 4 is 0 Å². The molecule has 0 aromatic rings. The third-order valence-electron chi connectivity index (χ3n) is 2.20. The average molecular weight is 170 g/mol. The molecule has 1 rings (SSSR count). The first-order valence-corrected chi connectivity index (χ1v) is 4.46. The predicted molar refractivity (Wildman–Crippen MR) is 49.0 cm³/mol. The maximum absolute atomic E-state index is 10.1. The van der Waals surface area contributed by atoms with Crippen LogP contribution < -0.4 is 0 Å². The van der Waals surface area contributed by atoms with Gasteiger partial charge in [0.1, 0.15) is 5.60 Å². The van der Waals surface area contributed by atoms with Crippen molar-refractivity contribution in [2.45, 2.75) is 32.3 Å². The molecule has 0 aromatic carbocycles. The van der Waals surface area contributed by atoms with Crippen LogP contribution in [0.4, 0.5) is 0 Å². The third kappa shape index (κ3) is 2.32. The zero-order valence-electron chi connectivity index (χ0n) is 8.13. The lowest BCUT2D eigenvalue weighted by molar-refractivity contribution is -0.0105. The van der Waals surface area contributed by atoms with Crippen LogP contribution >= 0.6 is 0 Å². The van der Waals surface area contributed by atoms with Crippen molar-refractivity contribution in [3.8, 4) is 0 Å². The van der Waals surface area contributed by atoms with Gasteiger partial charge in [-0.15, -0.1) is 0 Å². The lowest BCUT2D eigenvalue weighted by Crippen LogP contribution is -2.34. The minimum atomic E-state index is -0.701. The van der Waals surface area contributed by atoms with Crippen LogP contribution in [0.5, 0.6) is 0 Å². The largest absolute Gasteiger partial charge is 0.383 e. The van der Waals surface area contributed by atoms with Crippen LogP contribution in [-0.4, -0.2) is 24.4 Å². The summed E-state index contributed by atoms with van der Waals surface area (Å²) >= 11 is 0. The van der Waals surface area contributed by atoms with E-state index in [1.807, 2.05) is 19.9 Å². The molecular formula is C10H18O2. The molecule has 2 heteroatoms. The normalized spacial score (nSPS) is 21.7. The number of methoxy groups -OCH3 is 1. The van der Waals surface area contributed by atoms with Crippen molar-refractivity contribution in [1.82, 2.24) is 0 Å². The Morgan fingerprint density at radius 3 is 2.50 bits per heavy atom. The van der Waals surface area contributed by atoms with Crippen LogP contribution in [-0.2, 0) is 4.74 Å². The van der Waals surface area contributed by atoms with Crippen LogP contribution in [0.1, 0.15) is 26.7 Å². The van der Waals surface area contributed by atoms with Gasteiger partial charge in [0.05, 0.1) is 6.61 Å². The van der Waals surface area contributed by atoms with Crippen molar-refractivity contribution in [1.29, 1.82) is 0 Å². The van der Waals surface area contributed by atoms with Gasteiger partial charge in [-0.2, -0.15) is 0 Å². The molecule has 1 saturated carbocycles. The summed E-state index contributed by atoms with van der Waals surface area (Å²) in [5.74, 6) is 0.423. The average Bonchev–Trinajstić information content (AvgIpc) is 2.65. The van der Waals surface area contributed by atoms with Crippen LogP contribution in [0.2, 0.25) is 0 Å². The van der Waals surface area contributed by atoms with E-state index in [9.17, 15) is 5.11 Å². The number of ether oxygens (including phenoxy) is 1. The Labute approximate surface area is 74.2 Å². The highest BCUT2D eigenvalue weighted by Crippen LogP contribution is 2.41. The van der Waals surface area contributed by atoms with Crippen molar-refractivity contribution in [3.05, 3.63) is 11.6 Å². The number of hydrogen-bond donors (Lipinski definition) is 1. The van der Waals surface area contributed by atoms with Gasteiger partial charge in [0.25, 0.3) is 0 Å². The molecule has 0 saturated heterocycles. The maximum Gasteiger partial charge on any atom is 0.109 e. The van der Waals surface area contributed by atoms with Gasteiger partial charge in [-0.3, -0.25) is 0 Å². The maximum atomic E-state index is 10.1. The molecule has 1 N–H and O–H groups in total. The van der Waals surface area contributed by atoms with Crippen molar-refractivity contribution in [3.63, 3.8) is 0 Å². The lowest BCUT2D eigenvalue weighted by Gasteiger charge is -2.24. The fraction of sp³-hybridized carbons (Fsp3) is 0.800. The number of aliphatic hydroxyl groups is 1. The summed E-state index contributed by atoms with van der Waals surface area (Å²) in [5.41, 5.74) is 0.453. The fourth-order valence-electron chi connectivity index (χ4n) is 1.59. The third-order valence-corrected chi connectivity index (χ3v) is 2.20. The van der Waals surface area contributed by atoms with E-state index in [-0.39, 0.29) is 0 Å². The molecule has 12 heavy (non-hydrogen) atoms. The molecule has 0 aliphatic heterocycles. The Morgan fingerprint density at radius 2 is 2.17 bits per heavy atom. The second kappa shape index (κ2) is 3.58. The van der Waals surface area contributed by atoms with E-state index in [4.69, 9.17) is 4.74 Å². The summed E-state index contributed by atoms with van der Waals surface area (Å²) in [7, 11) is 1.63. The Kier molecular flexibility index (Phi) is 2.91. The van der Waals surface area contributed by atoms with E-state index in [2.05, 4.69) is 0 Å². The molecule has 2 nitrogen and oxygen atoms in total. The van der Waals surface area contributed by atoms with Gasteiger partial charge in [0.2, 0.25) is 0 Å². The number of hydrogen-bond acceptors (Lipinski definition) is 2. The second-order valence-corrected chi connectivity index (χ2v) is 3.92. The van der Waals surface area contributed by atoms with Gasteiger partial charge < -0.3 is 9.84 Å². The van der Waals surface area contributed by atoms with E-state index in [0.29, 0.717) is 12.5 Å². The van der Waals surface area contributed by atoms with Gasteiger partial charge in [-0.05, 0) is 32.6 Å². The molecule has 0 aromatic heterocycles. The highest BCUT2D eigenvalue weighted by Gasteiger charge is 2.41. The molecule has 1 aliphatic rings. The molecule has 1 aliphatic carbocycles. The standard InChI is InChI=1S/C10H18O2/c1-8(2)6-10(11,7-12-3)9-4-5-9/h6,9,11H,4-5,7H2,1-3H3. The molecule has 70 valence electrons. The Hall–Kier alpha value is -0.340. The summed E-state index contributed by atoms with van der Waals surface area (Å²) < 4.78 is 5.01. The summed E-state index contributed by atoms with van der Waals surface area (Å²) in [4.78, 5) is 0. The first-order chi connectivity index (χ1) is 5.58. The van der Waals surface area contributed by atoms with Gasteiger partial charge in [-0.1, -0.05) is 11.6 Å². The first kappa shape index (κ1) is 9.75. The molecule has 0 spiro atoms. The zero-order valence-corrected chi connectivity index (χ0v) is 8.13. The molecular weight excluding hydrogens is 152 g/mol. The van der Waals surface area contributed by atoms with Crippen LogP contribution in [0.25, 0.3) is 0 Å². The topological polar surface area (TPSA) is 29.5 Å². The van der Waals surface area contributed by atoms with E-state index < -0.39 is 5.60 Å². The van der Waals surface area contributed by atoms with E-state index in [0.717, 1.165) is 18.4 Å². The van der Waals surface area contributed by atoms with Crippen LogP contribution in [0.15, 0.2) is 11.6 Å². The minimum absolute atomic E-state index is 0.419. The quantitative estimate of drug-likeness (QED) is 0.651. The summed E-state index contributed by atoms with van der Waals surface area (Å²) in [6.07, 6.45) is 4.18. The highest BCUT2D eigenvalue weighted by molar-refractivity contribution is 5.12. The van der Waals surface area contributed by atoms with Gasteiger partial charge >= 0.3 is 0 Å². The first-order valence-electron chi connectivity index (χ1n) is 4.46. The SMILES string of the molecule is COCC(O)(C=C(C)C)C1CC1. The predicted octanol–water partition coefficient (Wildman–Crippen LogP) is 1.74. The van der Waals surface area contributed by atoms with Gasteiger partial charge in [0.15, 0.2) is 0 Å². The lowest BCUT2D eigenvalue weighted by atomic mass is 9.96. The Balaban J connectivity index is 2.64. The van der Waals surface area contributed by atoms with Gasteiger partial charge in [-0.25, -0.2) is 0 Å². The molecule has 1 unspecified atom stereocenters. The summed E-state index contributed by atoms with van der Waals surface area (Å²) in [6, 6.07) is 0. The van der Waals surface area contributed by atoms with Gasteiger partial charge in [0, 0.05) is 7.11 Å².